The van der Waals surface area contributed by atoms with Crippen LogP contribution in [0.15, 0.2) is 48.5 Å². The van der Waals surface area contributed by atoms with Crippen LogP contribution in [0.5, 0.6) is 0 Å². The second-order valence-electron chi connectivity index (χ2n) is 6.65. The highest BCUT2D eigenvalue weighted by atomic mass is 35.5. The van der Waals surface area contributed by atoms with Gasteiger partial charge in [-0.15, -0.1) is 0 Å². The average molecular weight is 401 g/mol. The van der Waals surface area contributed by atoms with Crippen molar-refractivity contribution in [2.45, 2.75) is 19.4 Å². The van der Waals surface area contributed by atoms with E-state index in [1.807, 2.05) is 12.1 Å². The maximum Gasteiger partial charge on any atom is 0.338 e. The van der Waals surface area contributed by atoms with Gasteiger partial charge in [0, 0.05) is 37.3 Å². The summed E-state index contributed by atoms with van der Waals surface area (Å²) in [4.78, 5) is 39.3. The number of benzene rings is 2. The van der Waals surface area contributed by atoms with Crippen molar-refractivity contribution in [3.05, 3.63) is 64.7 Å². The van der Waals surface area contributed by atoms with Gasteiger partial charge < -0.3 is 14.5 Å². The van der Waals surface area contributed by atoms with Gasteiger partial charge in [-0.05, 0) is 48.4 Å². The molecule has 0 unspecified atom stereocenters. The molecule has 0 radical (unpaired) electrons. The van der Waals surface area contributed by atoms with Gasteiger partial charge in [-0.1, -0.05) is 23.7 Å². The number of esters is 1. The molecule has 1 aliphatic heterocycles. The number of carbonyl (C=O) groups is 3. The van der Waals surface area contributed by atoms with Gasteiger partial charge in [0.15, 0.2) is 6.61 Å². The van der Waals surface area contributed by atoms with E-state index in [1.165, 1.54) is 4.90 Å². The molecule has 0 spiro atoms. The molecular weight excluding hydrogens is 380 g/mol. The second-order valence-corrected chi connectivity index (χ2v) is 7.08. The largest absolute Gasteiger partial charge is 0.452 e. The molecule has 6 nitrogen and oxygen atoms in total. The number of anilines is 1. The van der Waals surface area contributed by atoms with Gasteiger partial charge in [0.1, 0.15) is 0 Å². The summed E-state index contributed by atoms with van der Waals surface area (Å²) < 4.78 is 5.12. The lowest BCUT2D eigenvalue weighted by atomic mass is 10.2. The van der Waals surface area contributed by atoms with Crippen molar-refractivity contribution in [3.8, 4) is 0 Å². The summed E-state index contributed by atoms with van der Waals surface area (Å²) in [5, 5.41) is 0.631. The third kappa shape index (κ3) is 4.89. The quantitative estimate of drug-likeness (QED) is 0.698. The zero-order valence-corrected chi connectivity index (χ0v) is 16.3. The number of hydrogen-bond acceptors (Lipinski definition) is 4. The van der Waals surface area contributed by atoms with Gasteiger partial charge in [-0.25, -0.2) is 4.79 Å². The number of halogens is 1. The van der Waals surface area contributed by atoms with Crippen LogP contribution < -0.4 is 4.90 Å². The number of rotatable bonds is 6. The highest BCUT2D eigenvalue weighted by Crippen LogP contribution is 2.21. The van der Waals surface area contributed by atoms with Crippen molar-refractivity contribution in [1.82, 2.24) is 4.90 Å². The fourth-order valence-electron chi connectivity index (χ4n) is 2.97. The Morgan fingerprint density at radius 2 is 1.79 bits per heavy atom. The van der Waals surface area contributed by atoms with Crippen LogP contribution in [0.3, 0.4) is 0 Å². The maximum atomic E-state index is 12.2. The highest BCUT2D eigenvalue weighted by molar-refractivity contribution is 6.30. The summed E-state index contributed by atoms with van der Waals surface area (Å²) in [6, 6.07) is 13.8. The summed E-state index contributed by atoms with van der Waals surface area (Å²) in [6.45, 7) is 0.748. The predicted octanol–water partition coefficient (Wildman–Crippen LogP) is 3.28. The SMILES string of the molecule is CN(Cc1ccc(Cl)cc1)C(=O)COC(=O)c1ccc(N2CCCC2=O)cc1. The molecule has 1 heterocycles. The molecule has 2 aromatic rings. The normalized spacial score (nSPS) is 13.5. The van der Waals surface area contributed by atoms with E-state index in [9.17, 15) is 14.4 Å². The van der Waals surface area contributed by atoms with Crippen LogP contribution in [-0.2, 0) is 20.9 Å². The first kappa shape index (κ1) is 19.9. The van der Waals surface area contributed by atoms with Crippen molar-refractivity contribution >= 4 is 35.1 Å². The van der Waals surface area contributed by atoms with Crippen LogP contribution in [0.25, 0.3) is 0 Å². The molecule has 2 aromatic carbocycles. The Balaban J connectivity index is 1.50. The van der Waals surface area contributed by atoms with Crippen molar-refractivity contribution in [1.29, 1.82) is 0 Å². The topological polar surface area (TPSA) is 66.9 Å². The van der Waals surface area contributed by atoms with Gasteiger partial charge >= 0.3 is 5.97 Å². The standard InChI is InChI=1S/C21H21ClN2O4/c1-23(13-15-4-8-17(22)9-5-15)20(26)14-28-21(27)16-6-10-18(11-7-16)24-12-2-3-19(24)25/h4-11H,2-3,12-14H2,1H3. The van der Waals surface area contributed by atoms with Crippen LogP contribution in [0.2, 0.25) is 5.02 Å². The third-order valence-electron chi connectivity index (χ3n) is 4.57. The predicted molar refractivity (Wildman–Crippen MR) is 106 cm³/mol. The van der Waals surface area contributed by atoms with E-state index in [1.54, 1.807) is 48.3 Å². The average Bonchev–Trinajstić information content (AvgIpc) is 3.13. The van der Waals surface area contributed by atoms with Gasteiger partial charge in [0.2, 0.25) is 5.91 Å². The highest BCUT2D eigenvalue weighted by Gasteiger charge is 2.22. The molecule has 1 fully saturated rings. The van der Waals surface area contributed by atoms with E-state index in [0.29, 0.717) is 30.1 Å². The van der Waals surface area contributed by atoms with Gasteiger partial charge in [-0.2, -0.15) is 0 Å². The second kappa shape index (κ2) is 8.89. The molecular formula is C21H21ClN2O4. The fourth-order valence-corrected chi connectivity index (χ4v) is 3.10. The summed E-state index contributed by atoms with van der Waals surface area (Å²) >= 11 is 5.85. The minimum Gasteiger partial charge on any atom is -0.452 e. The molecule has 0 saturated carbocycles. The Hall–Kier alpha value is -2.86. The van der Waals surface area contributed by atoms with E-state index in [0.717, 1.165) is 17.7 Å². The van der Waals surface area contributed by atoms with E-state index >= 15 is 0 Å². The van der Waals surface area contributed by atoms with Crippen LogP contribution in [0, 0.1) is 0 Å². The summed E-state index contributed by atoms with van der Waals surface area (Å²) in [7, 11) is 1.65. The number of amides is 2. The molecule has 0 aromatic heterocycles. The van der Waals surface area contributed by atoms with Gasteiger partial charge in [0.25, 0.3) is 5.91 Å². The lowest BCUT2D eigenvalue weighted by molar-refractivity contribution is -0.133. The smallest absolute Gasteiger partial charge is 0.338 e. The molecule has 1 saturated heterocycles. The summed E-state index contributed by atoms with van der Waals surface area (Å²) in [5.41, 5.74) is 2.03. The molecule has 0 aliphatic carbocycles. The molecule has 3 rings (SSSR count). The minimum atomic E-state index is -0.576. The summed E-state index contributed by atoms with van der Waals surface area (Å²) in [6.07, 6.45) is 1.39. The van der Waals surface area contributed by atoms with E-state index in [4.69, 9.17) is 16.3 Å². The molecule has 0 atom stereocenters. The van der Waals surface area contributed by atoms with Crippen molar-refractivity contribution in [3.63, 3.8) is 0 Å². The number of likely N-dealkylation sites (N-methyl/N-ethyl adjacent to an activating group) is 1. The van der Waals surface area contributed by atoms with Crippen molar-refractivity contribution in [2.24, 2.45) is 0 Å². The summed E-state index contributed by atoms with van der Waals surface area (Å²) in [5.74, 6) is -0.792. The Kier molecular flexibility index (Phi) is 6.31. The van der Waals surface area contributed by atoms with Gasteiger partial charge in [0.05, 0.1) is 5.56 Å². The molecule has 2 amide bonds. The van der Waals surface area contributed by atoms with Crippen LogP contribution in [0.1, 0.15) is 28.8 Å². The maximum absolute atomic E-state index is 12.2. The van der Waals surface area contributed by atoms with E-state index < -0.39 is 5.97 Å². The van der Waals surface area contributed by atoms with Crippen molar-refractivity contribution in [2.75, 3.05) is 25.1 Å². The fraction of sp³-hybridized carbons (Fsp3) is 0.286. The van der Waals surface area contributed by atoms with Crippen LogP contribution in [0.4, 0.5) is 5.69 Å². The first-order valence-corrected chi connectivity index (χ1v) is 9.38. The Bertz CT molecular complexity index is 865. The molecule has 146 valence electrons. The van der Waals surface area contributed by atoms with Crippen LogP contribution >= 0.6 is 11.6 Å². The Morgan fingerprint density at radius 3 is 2.39 bits per heavy atom. The number of carbonyl (C=O) groups excluding carboxylic acids is 3. The first-order chi connectivity index (χ1) is 13.4. The number of hydrogen-bond donors (Lipinski definition) is 0. The molecule has 7 heteroatoms. The monoisotopic (exact) mass is 400 g/mol. The molecule has 1 aliphatic rings. The van der Waals surface area contributed by atoms with Crippen LogP contribution in [-0.4, -0.2) is 42.9 Å². The Morgan fingerprint density at radius 1 is 1.11 bits per heavy atom. The Labute approximate surface area is 168 Å². The first-order valence-electron chi connectivity index (χ1n) is 9.00. The zero-order chi connectivity index (χ0) is 20.1. The number of nitrogens with zero attached hydrogens (tertiary/aromatic N) is 2. The van der Waals surface area contributed by atoms with E-state index in [2.05, 4.69) is 0 Å². The van der Waals surface area contributed by atoms with Gasteiger partial charge in [-0.3, -0.25) is 9.59 Å². The zero-order valence-electron chi connectivity index (χ0n) is 15.6. The van der Waals surface area contributed by atoms with E-state index in [-0.39, 0.29) is 18.4 Å². The molecule has 0 N–H and O–H groups in total. The van der Waals surface area contributed by atoms with Crippen molar-refractivity contribution < 1.29 is 19.1 Å². The lowest BCUT2D eigenvalue weighted by Crippen LogP contribution is -2.30. The minimum absolute atomic E-state index is 0.0876. The number of ether oxygens (including phenoxy) is 1. The molecule has 28 heavy (non-hydrogen) atoms. The molecule has 0 bridgehead atoms. The third-order valence-corrected chi connectivity index (χ3v) is 4.83. The lowest BCUT2D eigenvalue weighted by Gasteiger charge is -2.17.